The number of nitrogens with one attached hydrogen (secondary N) is 1. The van der Waals surface area contributed by atoms with Gasteiger partial charge in [0.1, 0.15) is 23.9 Å². The Morgan fingerprint density at radius 1 is 1.33 bits per heavy atom. The predicted molar refractivity (Wildman–Crippen MR) is 88.7 cm³/mol. The third kappa shape index (κ3) is 1.98. The van der Waals surface area contributed by atoms with Gasteiger partial charge in [-0.3, -0.25) is 4.79 Å². The first-order valence-corrected chi connectivity index (χ1v) is 8.67. The van der Waals surface area contributed by atoms with Crippen LogP contribution in [0.2, 0.25) is 0 Å². The molecule has 5 rings (SSSR count). The molecule has 0 bridgehead atoms. The van der Waals surface area contributed by atoms with E-state index in [0.29, 0.717) is 12.4 Å². The van der Waals surface area contributed by atoms with Gasteiger partial charge in [-0.2, -0.15) is 10.1 Å². The van der Waals surface area contributed by atoms with E-state index < -0.39 is 0 Å². The van der Waals surface area contributed by atoms with Crippen molar-refractivity contribution < 1.29 is 9.21 Å². The Morgan fingerprint density at radius 3 is 3.08 bits per heavy atom. The molecular formula is C17H14N4O2S. The smallest absolute Gasteiger partial charge is 0.226 e. The van der Waals surface area contributed by atoms with Crippen LogP contribution in [-0.2, 0) is 4.79 Å². The van der Waals surface area contributed by atoms with E-state index in [1.54, 1.807) is 17.6 Å². The number of Topliss-reactive ketones (excluding diaryl/α,β-unsaturated/α-hetero) is 1. The van der Waals surface area contributed by atoms with Crippen LogP contribution < -0.4 is 5.32 Å². The van der Waals surface area contributed by atoms with E-state index in [1.807, 2.05) is 28.3 Å². The van der Waals surface area contributed by atoms with Crippen molar-refractivity contribution in [1.82, 2.24) is 14.8 Å². The van der Waals surface area contributed by atoms with Gasteiger partial charge in [-0.05, 0) is 23.6 Å². The number of fused-ring (bicyclic) bond motifs is 2. The molecule has 0 saturated carbocycles. The normalized spacial score (nSPS) is 25.6. The molecule has 1 N–H and O–H groups in total. The number of carbonyl (C=O) groups excluding carboxylic acids is 1. The van der Waals surface area contributed by atoms with Crippen LogP contribution in [0.5, 0.6) is 0 Å². The molecule has 0 amide bonds. The molecule has 3 atom stereocenters. The maximum atomic E-state index is 13.0. The van der Waals surface area contributed by atoms with Crippen LogP contribution in [0, 0.1) is 5.92 Å². The average molecular weight is 338 g/mol. The van der Waals surface area contributed by atoms with E-state index in [1.165, 1.54) is 6.33 Å². The van der Waals surface area contributed by atoms with Gasteiger partial charge in [-0.25, -0.2) is 4.68 Å². The summed E-state index contributed by atoms with van der Waals surface area (Å²) in [4.78, 5) is 18.4. The maximum absolute atomic E-state index is 13.0. The van der Waals surface area contributed by atoms with E-state index in [2.05, 4.69) is 27.5 Å². The zero-order valence-electron chi connectivity index (χ0n) is 12.6. The third-order valence-corrected chi connectivity index (χ3v) is 5.58. The Labute approximate surface area is 141 Å². The van der Waals surface area contributed by atoms with Crippen molar-refractivity contribution in [1.29, 1.82) is 0 Å². The Balaban J connectivity index is 1.64. The number of hydrogen-bond acceptors (Lipinski definition) is 6. The van der Waals surface area contributed by atoms with Crippen molar-refractivity contribution in [2.45, 2.75) is 18.4 Å². The van der Waals surface area contributed by atoms with Gasteiger partial charge in [0.2, 0.25) is 5.95 Å². The minimum atomic E-state index is -0.260. The SMILES string of the molecule is O=C1C[C@@H](c2ccco2)C=C2Nc3ncnn3[C@@H](c3cccs3)[C@H]12. The topological polar surface area (TPSA) is 73.0 Å². The van der Waals surface area contributed by atoms with Crippen molar-refractivity contribution in [3.8, 4) is 0 Å². The van der Waals surface area contributed by atoms with E-state index in [-0.39, 0.29) is 23.7 Å². The van der Waals surface area contributed by atoms with Gasteiger partial charge >= 0.3 is 0 Å². The van der Waals surface area contributed by atoms with Crippen LogP contribution >= 0.6 is 11.3 Å². The minimum Gasteiger partial charge on any atom is -0.469 e. The highest BCUT2D eigenvalue weighted by Crippen LogP contribution is 2.44. The number of allylic oxidation sites excluding steroid dienone is 2. The van der Waals surface area contributed by atoms with Gasteiger partial charge in [0.05, 0.1) is 12.2 Å². The number of ketones is 1. The van der Waals surface area contributed by atoms with E-state index in [9.17, 15) is 4.79 Å². The number of furan rings is 1. The van der Waals surface area contributed by atoms with Crippen LogP contribution in [0.1, 0.15) is 29.0 Å². The molecule has 0 saturated heterocycles. The summed E-state index contributed by atoms with van der Waals surface area (Å²) in [5, 5.41) is 9.65. The molecule has 4 heterocycles. The number of thiophene rings is 1. The van der Waals surface area contributed by atoms with Gasteiger partial charge in [0.15, 0.2) is 0 Å². The molecule has 120 valence electrons. The zero-order valence-corrected chi connectivity index (χ0v) is 13.4. The molecule has 1 aliphatic carbocycles. The van der Waals surface area contributed by atoms with Crippen LogP contribution in [0.4, 0.5) is 5.95 Å². The zero-order chi connectivity index (χ0) is 16.1. The van der Waals surface area contributed by atoms with E-state index in [0.717, 1.165) is 16.3 Å². The van der Waals surface area contributed by atoms with Crippen LogP contribution in [0.25, 0.3) is 0 Å². The van der Waals surface area contributed by atoms with Crippen molar-refractivity contribution in [3.05, 3.63) is 64.6 Å². The lowest BCUT2D eigenvalue weighted by atomic mass is 9.78. The van der Waals surface area contributed by atoms with Crippen molar-refractivity contribution in [2.75, 3.05) is 5.32 Å². The highest BCUT2D eigenvalue weighted by Gasteiger charge is 2.43. The maximum Gasteiger partial charge on any atom is 0.226 e. The summed E-state index contributed by atoms with van der Waals surface area (Å²) in [5.41, 5.74) is 0.895. The fourth-order valence-corrected chi connectivity index (χ4v) is 4.45. The van der Waals surface area contributed by atoms with Gasteiger partial charge in [0.25, 0.3) is 0 Å². The van der Waals surface area contributed by atoms with Gasteiger partial charge in [0, 0.05) is 22.9 Å². The van der Waals surface area contributed by atoms with E-state index >= 15 is 0 Å². The highest BCUT2D eigenvalue weighted by atomic mass is 32.1. The predicted octanol–water partition coefficient (Wildman–Crippen LogP) is 3.20. The minimum absolute atomic E-state index is 0.0373. The third-order valence-electron chi connectivity index (χ3n) is 4.64. The number of anilines is 1. The number of nitrogens with zero attached hydrogens (tertiary/aromatic N) is 3. The summed E-state index contributed by atoms with van der Waals surface area (Å²) in [7, 11) is 0. The molecule has 0 spiro atoms. The van der Waals surface area contributed by atoms with Gasteiger partial charge in [-0.1, -0.05) is 12.1 Å². The molecule has 1 aliphatic heterocycles. The average Bonchev–Trinajstić information content (AvgIpc) is 3.33. The lowest BCUT2D eigenvalue weighted by Crippen LogP contribution is -2.39. The summed E-state index contributed by atoms with van der Waals surface area (Å²) in [6, 6.07) is 7.68. The number of aromatic nitrogens is 3. The van der Waals surface area contributed by atoms with Gasteiger partial charge in [-0.15, -0.1) is 11.3 Å². The summed E-state index contributed by atoms with van der Waals surface area (Å²) < 4.78 is 7.32. The largest absolute Gasteiger partial charge is 0.469 e. The molecule has 0 fully saturated rings. The monoisotopic (exact) mass is 338 g/mol. The standard InChI is InChI=1S/C17H14N4O2S/c22-12-8-10(13-3-1-5-23-13)7-11-15(12)16(14-4-2-6-24-14)21-17(20-11)18-9-19-21/h1-7,9-10,15-16H,8H2,(H,18,19,20)/t10-,15-,16-/m0/s1. The lowest BCUT2D eigenvalue weighted by molar-refractivity contribution is -0.123. The van der Waals surface area contributed by atoms with E-state index in [4.69, 9.17) is 4.42 Å². The second-order valence-corrected chi connectivity index (χ2v) is 6.98. The summed E-state index contributed by atoms with van der Waals surface area (Å²) >= 11 is 1.64. The van der Waals surface area contributed by atoms with Crippen LogP contribution in [-0.4, -0.2) is 20.5 Å². The van der Waals surface area contributed by atoms with Crippen LogP contribution in [0.15, 0.2) is 58.4 Å². The molecular weight excluding hydrogens is 324 g/mol. The molecule has 0 aromatic carbocycles. The van der Waals surface area contributed by atoms with Crippen molar-refractivity contribution in [3.63, 3.8) is 0 Å². The number of rotatable bonds is 2. The molecule has 3 aromatic heterocycles. The molecule has 3 aromatic rings. The summed E-state index contributed by atoms with van der Waals surface area (Å²) in [6.45, 7) is 0. The Hall–Kier alpha value is -2.67. The second-order valence-electron chi connectivity index (χ2n) is 6.01. The highest BCUT2D eigenvalue weighted by molar-refractivity contribution is 7.10. The molecule has 2 aliphatic rings. The number of carbonyl (C=O) groups is 1. The van der Waals surface area contributed by atoms with Gasteiger partial charge < -0.3 is 9.73 Å². The first kappa shape index (κ1) is 13.7. The van der Waals surface area contributed by atoms with Crippen LogP contribution in [0.3, 0.4) is 0 Å². The molecule has 24 heavy (non-hydrogen) atoms. The lowest BCUT2D eigenvalue weighted by Gasteiger charge is -2.36. The second kappa shape index (κ2) is 5.17. The Morgan fingerprint density at radius 2 is 2.29 bits per heavy atom. The number of hydrogen-bond donors (Lipinski definition) is 1. The van der Waals surface area contributed by atoms with Crippen molar-refractivity contribution in [2.24, 2.45) is 5.92 Å². The molecule has 7 heteroatoms. The molecule has 6 nitrogen and oxygen atoms in total. The van der Waals surface area contributed by atoms with Crippen molar-refractivity contribution >= 4 is 23.1 Å². The summed E-state index contributed by atoms with van der Waals surface area (Å²) in [6.07, 6.45) is 5.71. The Bertz CT molecular complexity index is 910. The Kier molecular flexibility index (Phi) is 2.96. The molecule has 0 radical (unpaired) electrons. The summed E-state index contributed by atoms with van der Waals surface area (Å²) in [5.74, 6) is 1.38. The first-order chi connectivity index (χ1) is 11.8. The fourth-order valence-electron chi connectivity index (χ4n) is 3.60. The first-order valence-electron chi connectivity index (χ1n) is 7.79. The molecule has 0 unspecified atom stereocenters. The fraction of sp³-hybridized carbons (Fsp3) is 0.235. The quantitative estimate of drug-likeness (QED) is 0.777.